The number of furan rings is 1. The molecule has 0 bridgehead atoms. The summed E-state index contributed by atoms with van der Waals surface area (Å²) in [5.41, 5.74) is 6.18. The van der Waals surface area contributed by atoms with Gasteiger partial charge in [0, 0.05) is 5.54 Å². The van der Waals surface area contributed by atoms with Crippen molar-refractivity contribution in [1.82, 2.24) is 0 Å². The number of rotatable bonds is 4. The van der Waals surface area contributed by atoms with Crippen molar-refractivity contribution < 1.29 is 9.15 Å². The van der Waals surface area contributed by atoms with Crippen molar-refractivity contribution in [1.29, 1.82) is 0 Å². The highest BCUT2D eigenvalue weighted by atomic mass is 16.5. The van der Waals surface area contributed by atoms with Crippen LogP contribution in [0.1, 0.15) is 43.6 Å². The third kappa shape index (κ3) is 3.09. The smallest absolute Gasteiger partial charge is 0.129 e. The van der Waals surface area contributed by atoms with Crippen molar-refractivity contribution in [2.75, 3.05) is 6.61 Å². The van der Waals surface area contributed by atoms with Crippen LogP contribution in [0.2, 0.25) is 0 Å². The Morgan fingerprint density at radius 3 is 2.69 bits per heavy atom. The minimum atomic E-state index is -0.0973. The number of hydrogen-bond acceptors (Lipinski definition) is 3. The topological polar surface area (TPSA) is 48.4 Å². The summed E-state index contributed by atoms with van der Waals surface area (Å²) in [6.07, 6.45) is 5.96. The quantitative estimate of drug-likeness (QED) is 0.853. The Labute approximate surface area is 97.0 Å². The molecule has 0 spiro atoms. The van der Waals surface area contributed by atoms with E-state index in [1.54, 1.807) is 0 Å². The van der Waals surface area contributed by atoms with Crippen LogP contribution in [0.3, 0.4) is 0 Å². The first kappa shape index (κ1) is 11.7. The van der Waals surface area contributed by atoms with Crippen LogP contribution in [0.5, 0.6) is 0 Å². The molecule has 0 aromatic carbocycles. The molecule has 1 heterocycles. The fourth-order valence-electron chi connectivity index (χ4n) is 2.32. The molecule has 0 radical (unpaired) electrons. The maximum atomic E-state index is 6.27. The Balaban J connectivity index is 1.74. The highest BCUT2D eigenvalue weighted by Crippen LogP contribution is 2.26. The Bertz CT molecular complexity index is 326. The molecule has 1 aliphatic rings. The number of nitrogens with two attached hydrogens (primary N) is 1. The predicted octanol–water partition coefficient (Wildman–Crippen LogP) is 2.77. The zero-order valence-corrected chi connectivity index (χ0v) is 10.00. The van der Waals surface area contributed by atoms with Gasteiger partial charge in [0.2, 0.25) is 0 Å². The molecule has 2 rings (SSSR count). The molecule has 0 saturated heterocycles. The zero-order chi connectivity index (χ0) is 11.4. The average molecular weight is 223 g/mol. The Hall–Kier alpha value is -0.800. The van der Waals surface area contributed by atoms with Gasteiger partial charge in [0.05, 0.1) is 6.61 Å². The molecule has 16 heavy (non-hydrogen) atoms. The first-order valence-corrected chi connectivity index (χ1v) is 6.10. The van der Waals surface area contributed by atoms with E-state index < -0.39 is 0 Å². The lowest BCUT2D eigenvalue weighted by Gasteiger charge is -2.32. The van der Waals surface area contributed by atoms with E-state index in [2.05, 4.69) is 0 Å². The summed E-state index contributed by atoms with van der Waals surface area (Å²) >= 11 is 0. The summed E-state index contributed by atoms with van der Waals surface area (Å²) < 4.78 is 11.1. The molecule has 1 aromatic rings. The molecule has 1 aliphatic carbocycles. The molecule has 1 fully saturated rings. The van der Waals surface area contributed by atoms with Crippen molar-refractivity contribution in [2.45, 2.75) is 51.2 Å². The van der Waals surface area contributed by atoms with Gasteiger partial charge in [0.25, 0.3) is 0 Å². The Morgan fingerprint density at radius 1 is 1.31 bits per heavy atom. The van der Waals surface area contributed by atoms with Crippen molar-refractivity contribution in [3.05, 3.63) is 23.7 Å². The molecule has 0 amide bonds. The van der Waals surface area contributed by atoms with Crippen molar-refractivity contribution in [3.63, 3.8) is 0 Å². The molecule has 1 saturated carbocycles. The molecule has 0 aliphatic heterocycles. The van der Waals surface area contributed by atoms with Gasteiger partial charge in [-0.15, -0.1) is 0 Å². The lowest BCUT2D eigenvalue weighted by atomic mass is 9.83. The van der Waals surface area contributed by atoms with Crippen LogP contribution in [-0.2, 0) is 11.3 Å². The second-order valence-corrected chi connectivity index (χ2v) is 4.93. The fourth-order valence-corrected chi connectivity index (χ4v) is 2.32. The molecular weight excluding hydrogens is 202 g/mol. The fraction of sp³-hybridized carbons (Fsp3) is 0.692. The van der Waals surface area contributed by atoms with Gasteiger partial charge in [0.15, 0.2) is 0 Å². The molecule has 0 atom stereocenters. The lowest BCUT2D eigenvalue weighted by Crippen LogP contribution is -2.46. The summed E-state index contributed by atoms with van der Waals surface area (Å²) in [7, 11) is 0. The maximum Gasteiger partial charge on any atom is 0.129 e. The summed E-state index contributed by atoms with van der Waals surface area (Å²) in [6, 6.07) is 3.91. The average Bonchev–Trinajstić information content (AvgIpc) is 2.65. The Morgan fingerprint density at radius 2 is 2.06 bits per heavy atom. The normalized spacial score (nSPS) is 19.9. The standard InChI is InChI=1S/C13H21NO2/c1-11-5-6-12(16-11)9-15-10-13(14)7-3-2-4-8-13/h5-6H,2-4,7-10,14H2,1H3. The highest BCUT2D eigenvalue weighted by Gasteiger charge is 2.27. The van der Waals surface area contributed by atoms with Gasteiger partial charge in [-0.1, -0.05) is 19.3 Å². The van der Waals surface area contributed by atoms with Crippen LogP contribution < -0.4 is 5.73 Å². The molecular formula is C13H21NO2. The second kappa shape index (κ2) is 5.02. The minimum Gasteiger partial charge on any atom is -0.464 e. The summed E-state index contributed by atoms with van der Waals surface area (Å²) in [5, 5.41) is 0. The third-order valence-corrected chi connectivity index (χ3v) is 3.28. The van der Waals surface area contributed by atoms with E-state index in [1.165, 1.54) is 19.3 Å². The third-order valence-electron chi connectivity index (χ3n) is 3.28. The summed E-state index contributed by atoms with van der Waals surface area (Å²) in [5.74, 6) is 1.82. The maximum absolute atomic E-state index is 6.27. The van der Waals surface area contributed by atoms with Crippen LogP contribution in [-0.4, -0.2) is 12.1 Å². The van der Waals surface area contributed by atoms with Crippen LogP contribution in [0, 0.1) is 6.92 Å². The molecule has 90 valence electrons. The Kier molecular flexibility index (Phi) is 3.66. The SMILES string of the molecule is Cc1ccc(COCC2(N)CCCCC2)o1. The first-order valence-electron chi connectivity index (χ1n) is 6.10. The van der Waals surface area contributed by atoms with Gasteiger partial charge in [-0.25, -0.2) is 0 Å². The van der Waals surface area contributed by atoms with E-state index in [4.69, 9.17) is 14.9 Å². The molecule has 2 N–H and O–H groups in total. The van der Waals surface area contributed by atoms with Crippen LogP contribution in [0.15, 0.2) is 16.5 Å². The van der Waals surface area contributed by atoms with E-state index in [1.807, 2.05) is 19.1 Å². The van der Waals surface area contributed by atoms with Gasteiger partial charge in [-0.3, -0.25) is 0 Å². The molecule has 3 heteroatoms. The highest BCUT2D eigenvalue weighted by molar-refractivity contribution is 5.04. The molecule has 1 aromatic heterocycles. The minimum absolute atomic E-state index is 0.0973. The van der Waals surface area contributed by atoms with Crippen LogP contribution in [0.4, 0.5) is 0 Å². The van der Waals surface area contributed by atoms with E-state index in [-0.39, 0.29) is 5.54 Å². The van der Waals surface area contributed by atoms with Crippen LogP contribution >= 0.6 is 0 Å². The van der Waals surface area contributed by atoms with Crippen molar-refractivity contribution >= 4 is 0 Å². The van der Waals surface area contributed by atoms with E-state index in [9.17, 15) is 0 Å². The van der Waals surface area contributed by atoms with Gasteiger partial charge in [-0.2, -0.15) is 0 Å². The number of hydrogen-bond donors (Lipinski definition) is 1. The molecule has 3 nitrogen and oxygen atoms in total. The van der Waals surface area contributed by atoms with Crippen molar-refractivity contribution in [2.24, 2.45) is 5.73 Å². The largest absolute Gasteiger partial charge is 0.464 e. The van der Waals surface area contributed by atoms with Crippen LogP contribution in [0.25, 0.3) is 0 Å². The van der Waals surface area contributed by atoms with E-state index in [0.717, 1.165) is 24.4 Å². The first-order chi connectivity index (χ1) is 7.68. The second-order valence-electron chi connectivity index (χ2n) is 4.93. The van der Waals surface area contributed by atoms with Gasteiger partial charge in [0.1, 0.15) is 18.1 Å². The lowest BCUT2D eigenvalue weighted by molar-refractivity contribution is 0.0484. The van der Waals surface area contributed by atoms with Gasteiger partial charge in [-0.05, 0) is 31.9 Å². The zero-order valence-electron chi connectivity index (χ0n) is 10.00. The van der Waals surface area contributed by atoms with E-state index in [0.29, 0.717) is 13.2 Å². The van der Waals surface area contributed by atoms with E-state index >= 15 is 0 Å². The number of aryl methyl sites for hydroxylation is 1. The monoisotopic (exact) mass is 223 g/mol. The van der Waals surface area contributed by atoms with Gasteiger partial charge >= 0.3 is 0 Å². The van der Waals surface area contributed by atoms with Crippen molar-refractivity contribution in [3.8, 4) is 0 Å². The summed E-state index contributed by atoms with van der Waals surface area (Å²) in [6.45, 7) is 3.12. The summed E-state index contributed by atoms with van der Waals surface area (Å²) in [4.78, 5) is 0. The van der Waals surface area contributed by atoms with Gasteiger partial charge < -0.3 is 14.9 Å². The molecule has 0 unspecified atom stereocenters. The number of ether oxygens (including phenoxy) is 1. The predicted molar refractivity (Wildman–Crippen MR) is 63.1 cm³/mol.